The van der Waals surface area contributed by atoms with Crippen LogP contribution in [0.3, 0.4) is 0 Å². The maximum atomic E-state index is 3.95. The minimum atomic E-state index is 0.228. The molecule has 2 aliphatic heterocycles. The average molecular weight is 442 g/mol. The fourth-order valence-corrected chi connectivity index (χ4v) is 7.15. The molecule has 0 saturated carbocycles. The lowest BCUT2D eigenvalue weighted by Crippen LogP contribution is -2.46. The van der Waals surface area contributed by atoms with Crippen LogP contribution in [-0.4, -0.2) is 24.7 Å². The topological polar surface area (TPSA) is 6.48 Å². The first-order valence-electron chi connectivity index (χ1n) is 11.9. The Balaban J connectivity index is 1.75. The molecule has 3 aliphatic rings. The average Bonchev–Trinajstić information content (AvgIpc) is 3.11. The molecule has 32 heavy (non-hydrogen) atoms. The molecule has 0 unspecified atom stereocenters. The molecular weight excluding hydrogens is 407 g/mol. The summed E-state index contributed by atoms with van der Waals surface area (Å²) in [6, 6.07) is 5.09. The minimum Gasteiger partial charge on any atom is -0.350 e. The van der Waals surface area contributed by atoms with Gasteiger partial charge in [-0.15, -0.1) is 17.9 Å². The van der Waals surface area contributed by atoms with Crippen molar-refractivity contribution in [1.82, 2.24) is 4.90 Å². The summed E-state index contributed by atoms with van der Waals surface area (Å²) < 4.78 is 2.93. The highest BCUT2D eigenvalue weighted by Gasteiger charge is 2.40. The van der Waals surface area contributed by atoms with Crippen molar-refractivity contribution in [2.75, 3.05) is 18.0 Å². The van der Waals surface area contributed by atoms with Gasteiger partial charge in [-0.05, 0) is 67.0 Å². The SMILES string of the molecule is C=CCN1C=C2CN(/C=C/C)c3c(sc4cc5c(cc34)C(C)(C)CCC5(C)C)B2C=C1C. The summed E-state index contributed by atoms with van der Waals surface area (Å²) in [5.41, 5.74) is 7.80. The van der Waals surface area contributed by atoms with E-state index in [-0.39, 0.29) is 10.8 Å². The van der Waals surface area contributed by atoms with Gasteiger partial charge in [0.1, 0.15) is 0 Å². The van der Waals surface area contributed by atoms with Crippen LogP contribution in [0.1, 0.15) is 65.5 Å². The summed E-state index contributed by atoms with van der Waals surface area (Å²) in [7, 11) is 0. The zero-order chi connectivity index (χ0) is 22.8. The third-order valence-electron chi connectivity index (χ3n) is 7.82. The zero-order valence-corrected chi connectivity index (χ0v) is 21.3. The molecule has 5 rings (SSSR count). The number of benzene rings is 1. The number of anilines is 1. The predicted octanol–water partition coefficient (Wildman–Crippen LogP) is 6.67. The van der Waals surface area contributed by atoms with Crippen molar-refractivity contribution in [2.45, 2.75) is 65.2 Å². The lowest BCUT2D eigenvalue weighted by molar-refractivity contribution is 0.332. The maximum absolute atomic E-state index is 3.95. The summed E-state index contributed by atoms with van der Waals surface area (Å²) in [6.07, 6.45) is 11.3. The Morgan fingerprint density at radius 1 is 1.12 bits per heavy atom. The molecule has 0 fully saturated rings. The molecule has 166 valence electrons. The number of rotatable bonds is 3. The van der Waals surface area contributed by atoms with Gasteiger partial charge in [0.2, 0.25) is 0 Å². The third-order valence-corrected chi connectivity index (χ3v) is 9.05. The summed E-state index contributed by atoms with van der Waals surface area (Å²) in [6.45, 7) is 20.2. The highest BCUT2D eigenvalue weighted by molar-refractivity contribution is 7.31. The van der Waals surface area contributed by atoms with Crippen molar-refractivity contribution in [2.24, 2.45) is 0 Å². The fraction of sp³-hybridized carbons (Fsp3) is 0.429. The van der Waals surface area contributed by atoms with E-state index in [1.54, 1.807) is 11.1 Å². The second-order valence-electron chi connectivity index (χ2n) is 11.0. The molecule has 0 radical (unpaired) electrons. The molecule has 1 aromatic heterocycles. The van der Waals surface area contributed by atoms with Gasteiger partial charge in [-0.3, -0.25) is 0 Å². The quantitative estimate of drug-likeness (QED) is 0.387. The van der Waals surface area contributed by atoms with E-state index in [1.807, 2.05) is 17.4 Å². The van der Waals surface area contributed by atoms with Crippen molar-refractivity contribution in [1.29, 1.82) is 0 Å². The van der Waals surface area contributed by atoms with Gasteiger partial charge >= 0.3 is 0 Å². The van der Waals surface area contributed by atoms with Crippen LogP contribution in [0.25, 0.3) is 10.1 Å². The maximum Gasteiger partial charge on any atom is 0.250 e. The summed E-state index contributed by atoms with van der Waals surface area (Å²) in [5, 5.41) is 1.44. The van der Waals surface area contributed by atoms with Gasteiger partial charge in [-0.25, -0.2) is 0 Å². The van der Waals surface area contributed by atoms with Crippen LogP contribution in [0.15, 0.2) is 60.4 Å². The van der Waals surface area contributed by atoms with Crippen molar-refractivity contribution >= 4 is 38.6 Å². The van der Waals surface area contributed by atoms with Gasteiger partial charge in [0, 0.05) is 39.8 Å². The molecule has 0 N–H and O–H groups in total. The first-order chi connectivity index (χ1) is 15.2. The van der Waals surface area contributed by atoms with Crippen molar-refractivity contribution < 1.29 is 0 Å². The Kier molecular flexibility index (Phi) is 5.01. The Hall–Kier alpha value is -2.20. The van der Waals surface area contributed by atoms with Gasteiger partial charge in [-0.2, -0.15) is 0 Å². The lowest BCUT2D eigenvalue weighted by Gasteiger charge is -2.42. The summed E-state index contributed by atoms with van der Waals surface area (Å²) in [4.78, 5) is 4.80. The number of thiophene rings is 1. The van der Waals surface area contributed by atoms with E-state index in [2.05, 4.69) is 94.5 Å². The molecule has 0 amide bonds. The second kappa shape index (κ2) is 7.41. The number of allylic oxidation sites excluding steroid dienone is 2. The fourth-order valence-electron chi connectivity index (χ4n) is 5.80. The molecule has 0 spiro atoms. The molecular formula is C28H35BN2S. The molecule has 2 aromatic rings. The van der Waals surface area contributed by atoms with Gasteiger partial charge in [0.25, 0.3) is 6.71 Å². The Labute approximate surface area is 198 Å². The molecule has 0 saturated heterocycles. The van der Waals surface area contributed by atoms with Crippen molar-refractivity contribution in [3.05, 3.63) is 71.5 Å². The van der Waals surface area contributed by atoms with E-state index in [9.17, 15) is 0 Å². The van der Waals surface area contributed by atoms with Gasteiger partial charge in [0.05, 0.1) is 5.69 Å². The number of hydrogen-bond acceptors (Lipinski definition) is 3. The molecule has 1 aliphatic carbocycles. The van der Waals surface area contributed by atoms with Crippen LogP contribution in [0, 0.1) is 0 Å². The smallest absolute Gasteiger partial charge is 0.250 e. The van der Waals surface area contributed by atoms with E-state index in [0.717, 1.165) is 13.1 Å². The first kappa shape index (κ1) is 21.6. The third kappa shape index (κ3) is 3.22. The first-order valence-corrected chi connectivity index (χ1v) is 12.8. The summed E-state index contributed by atoms with van der Waals surface area (Å²) >= 11 is 2.01. The molecule has 4 heteroatoms. The van der Waals surface area contributed by atoms with Crippen molar-refractivity contribution in [3.63, 3.8) is 0 Å². The Bertz CT molecular complexity index is 1190. The van der Waals surface area contributed by atoms with E-state index in [4.69, 9.17) is 0 Å². The Morgan fingerprint density at radius 2 is 1.81 bits per heavy atom. The highest BCUT2D eigenvalue weighted by atomic mass is 32.1. The van der Waals surface area contributed by atoms with Crippen LogP contribution in [0.2, 0.25) is 0 Å². The van der Waals surface area contributed by atoms with Crippen molar-refractivity contribution in [3.8, 4) is 0 Å². The largest absolute Gasteiger partial charge is 0.350 e. The highest BCUT2D eigenvalue weighted by Crippen LogP contribution is 2.49. The normalized spacial score (nSPS) is 21.2. The molecule has 1 aromatic carbocycles. The molecule has 0 bridgehead atoms. The standard InChI is InChI=1S/C28H35BN2S/c1-8-12-30-17-20-18-31(13-9-2)25-21-14-22-23(28(6,7)11-10-27(22,4)5)15-24(21)32-26(25)29(20)16-19(30)3/h8-9,13-17H,1,10-12,18H2,2-7H3/b13-9+. The van der Waals surface area contributed by atoms with E-state index in [0.29, 0.717) is 6.71 Å². The molecule has 3 heterocycles. The second-order valence-corrected chi connectivity index (χ2v) is 12.1. The number of hydrogen-bond donors (Lipinski definition) is 0. The van der Waals surface area contributed by atoms with Crippen LogP contribution in [-0.2, 0) is 10.8 Å². The van der Waals surface area contributed by atoms with Crippen LogP contribution in [0.4, 0.5) is 5.69 Å². The molecule has 2 nitrogen and oxygen atoms in total. The predicted molar refractivity (Wildman–Crippen MR) is 143 cm³/mol. The van der Waals surface area contributed by atoms with Gasteiger partial charge in [0.15, 0.2) is 0 Å². The van der Waals surface area contributed by atoms with Crippen LogP contribution < -0.4 is 9.68 Å². The van der Waals surface area contributed by atoms with Gasteiger partial charge in [-0.1, -0.05) is 51.3 Å². The van der Waals surface area contributed by atoms with Crippen LogP contribution in [0.5, 0.6) is 0 Å². The number of nitrogens with zero attached hydrogens (tertiary/aromatic N) is 2. The minimum absolute atomic E-state index is 0.228. The van der Waals surface area contributed by atoms with E-state index < -0.39 is 0 Å². The zero-order valence-electron chi connectivity index (χ0n) is 20.5. The van der Waals surface area contributed by atoms with Crippen LogP contribution >= 0.6 is 11.3 Å². The number of fused-ring (bicyclic) bond motifs is 6. The monoisotopic (exact) mass is 442 g/mol. The Morgan fingerprint density at radius 3 is 2.47 bits per heavy atom. The summed E-state index contributed by atoms with van der Waals surface area (Å²) in [5.74, 6) is 2.47. The van der Waals surface area contributed by atoms with Gasteiger partial charge < -0.3 is 9.80 Å². The molecule has 0 atom stereocenters. The van der Waals surface area contributed by atoms with E-state index in [1.165, 1.54) is 44.6 Å². The van der Waals surface area contributed by atoms with E-state index >= 15 is 0 Å². The lowest BCUT2D eigenvalue weighted by atomic mass is 9.40.